The number of amides is 2. The number of hydrogen-bond donors (Lipinski definition) is 1. The van der Waals surface area contributed by atoms with Crippen molar-refractivity contribution in [1.29, 1.82) is 0 Å². The van der Waals surface area contributed by atoms with E-state index in [0.717, 1.165) is 29.8 Å². The van der Waals surface area contributed by atoms with Crippen LogP contribution in [0, 0.1) is 5.82 Å². The number of pyridine rings is 1. The first kappa shape index (κ1) is 23.4. The van der Waals surface area contributed by atoms with Gasteiger partial charge in [0, 0.05) is 38.0 Å². The molecule has 1 fully saturated rings. The van der Waals surface area contributed by atoms with Gasteiger partial charge in [-0.15, -0.1) is 0 Å². The number of carbonyl (C=O) groups excluding carboxylic acids is 2. The quantitative estimate of drug-likeness (QED) is 0.548. The van der Waals surface area contributed by atoms with Gasteiger partial charge in [0.05, 0.1) is 18.8 Å². The third-order valence-corrected chi connectivity index (χ3v) is 5.61. The van der Waals surface area contributed by atoms with Crippen LogP contribution in [0.25, 0.3) is 11.1 Å². The molecule has 176 valence electrons. The molecule has 1 aliphatic rings. The van der Waals surface area contributed by atoms with Crippen LogP contribution in [-0.2, 0) is 22.6 Å². The number of rotatable bonds is 8. The van der Waals surface area contributed by atoms with Crippen LogP contribution in [-0.4, -0.2) is 48.1 Å². The molecule has 2 heterocycles. The average molecular weight is 463 g/mol. The van der Waals surface area contributed by atoms with E-state index in [4.69, 9.17) is 4.74 Å². The molecule has 34 heavy (non-hydrogen) atoms. The molecule has 0 bridgehead atoms. The highest BCUT2D eigenvalue weighted by Crippen LogP contribution is 2.29. The highest BCUT2D eigenvalue weighted by atomic mass is 19.1. The summed E-state index contributed by atoms with van der Waals surface area (Å²) in [7, 11) is 2.05. The van der Waals surface area contributed by atoms with Crippen LogP contribution in [0.4, 0.5) is 14.9 Å². The van der Waals surface area contributed by atoms with Gasteiger partial charge in [0.25, 0.3) is 0 Å². The predicted molar refractivity (Wildman–Crippen MR) is 128 cm³/mol. The Bertz CT molecular complexity index is 1150. The van der Waals surface area contributed by atoms with Crippen molar-refractivity contribution in [3.63, 3.8) is 0 Å². The fraction of sp³-hybridized carbons (Fsp3) is 0.269. The van der Waals surface area contributed by atoms with Crippen LogP contribution in [0.5, 0.6) is 0 Å². The lowest BCUT2D eigenvalue weighted by Crippen LogP contribution is -2.33. The van der Waals surface area contributed by atoms with E-state index in [9.17, 15) is 14.0 Å². The molecule has 1 atom stereocenters. The Morgan fingerprint density at radius 3 is 2.62 bits per heavy atom. The monoisotopic (exact) mass is 462 g/mol. The van der Waals surface area contributed by atoms with Crippen molar-refractivity contribution in [2.75, 3.05) is 25.0 Å². The molecule has 1 unspecified atom stereocenters. The van der Waals surface area contributed by atoms with Crippen molar-refractivity contribution in [2.24, 2.45) is 0 Å². The molecule has 1 N–H and O–H groups in total. The third kappa shape index (κ3) is 5.77. The zero-order valence-electron chi connectivity index (χ0n) is 19.2. The van der Waals surface area contributed by atoms with Crippen LogP contribution in [0.1, 0.15) is 18.1 Å². The van der Waals surface area contributed by atoms with E-state index < -0.39 is 18.0 Å². The summed E-state index contributed by atoms with van der Waals surface area (Å²) in [6.07, 6.45) is 2.59. The van der Waals surface area contributed by atoms with E-state index in [-0.39, 0.29) is 19.0 Å². The number of nitrogens with one attached hydrogen (secondary N) is 1. The molecule has 2 amide bonds. The third-order valence-electron chi connectivity index (χ3n) is 5.61. The highest BCUT2D eigenvalue weighted by Gasteiger charge is 2.32. The van der Waals surface area contributed by atoms with Gasteiger partial charge in [0.1, 0.15) is 11.9 Å². The standard InChI is InChI=1S/C26H27FN4O3/c1-18(32)29-14-23-17-31(26(33)34-23)22-9-10-24(25(27)12-22)21-7-5-19(6-8-21)15-30(2)16-20-4-3-11-28-13-20/h3-13,23H,14-17H2,1-2H3,(H,29,32). The maximum Gasteiger partial charge on any atom is 0.414 e. The van der Waals surface area contributed by atoms with Gasteiger partial charge in [-0.05, 0) is 48.0 Å². The first-order valence-corrected chi connectivity index (χ1v) is 11.1. The molecule has 2 aromatic carbocycles. The minimum Gasteiger partial charge on any atom is -0.442 e. The summed E-state index contributed by atoms with van der Waals surface area (Å²) in [5.41, 5.74) is 3.91. The summed E-state index contributed by atoms with van der Waals surface area (Å²) >= 11 is 0. The number of nitrogens with zero attached hydrogens (tertiary/aromatic N) is 3. The summed E-state index contributed by atoms with van der Waals surface area (Å²) in [5.74, 6) is -0.617. The van der Waals surface area contributed by atoms with Crippen molar-refractivity contribution >= 4 is 17.7 Å². The molecule has 1 aliphatic heterocycles. The molecule has 7 nitrogen and oxygen atoms in total. The smallest absolute Gasteiger partial charge is 0.414 e. The van der Waals surface area contributed by atoms with Crippen molar-refractivity contribution in [2.45, 2.75) is 26.1 Å². The molecule has 0 spiro atoms. The number of benzene rings is 2. The van der Waals surface area contributed by atoms with Crippen LogP contribution in [0.3, 0.4) is 0 Å². The van der Waals surface area contributed by atoms with E-state index in [1.165, 1.54) is 17.9 Å². The Hall–Kier alpha value is -3.78. The summed E-state index contributed by atoms with van der Waals surface area (Å²) in [5, 5.41) is 2.63. The molecule has 0 aliphatic carbocycles. The summed E-state index contributed by atoms with van der Waals surface area (Å²) in [4.78, 5) is 31.0. The Morgan fingerprint density at radius 1 is 1.18 bits per heavy atom. The molecule has 0 radical (unpaired) electrons. The van der Waals surface area contributed by atoms with Gasteiger partial charge < -0.3 is 10.1 Å². The maximum absolute atomic E-state index is 15.0. The number of carbonyl (C=O) groups is 2. The van der Waals surface area contributed by atoms with Gasteiger partial charge >= 0.3 is 6.09 Å². The van der Waals surface area contributed by atoms with Crippen LogP contribution in [0.2, 0.25) is 0 Å². The van der Waals surface area contributed by atoms with E-state index in [1.54, 1.807) is 18.3 Å². The largest absolute Gasteiger partial charge is 0.442 e. The van der Waals surface area contributed by atoms with E-state index in [0.29, 0.717) is 11.3 Å². The SMILES string of the molecule is CC(=O)NCC1CN(c2ccc(-c3ccc(CN(C)Cc4cccnc4)cc3)c(F)c2)C(=O)O1. The van der Waals surface area contributed by atoms with Crippen LogP contribution in [0.15, 0.2) is 67.0 Å². The highest BCUT2D eigenvalue weighted by molar-refractivity contribution is 5.90. The first-order valence-electron chi connectivity index (χ1n) is 11.1. The van der Waals surface area contributed by atoms with Gasteiger partial charge in [0.2, 0.25) is 5.91 Å². The fourth-order valence-electron chi connectivity index (χ4n) is 3.96. The summed E-state index contributed by atoms with van der Waals surface area (Å²) in [6.45, 7) is 3.42. The Kier molecular flexibility index (Phi) is 7.18. The Morgan fingerprint density at radius 2 is 1.94 bits per heavy atom. The zero-order chi connectivity index (χ0) is 24.1. The molecular formula is C26H27FN4O3. The number of ether oxygens (including phenoxy) is 1. The second-order valence-corrected chi connectivity index (χ2v) is 8.45. The number of hydrogen-bond acceptors (Lipinski definition) is 5. The zero-order valence-corrected chi connectivity index (χ0v) is 19.2. The average Bonchev–Trinajstić information content (AvgIpc) is 3.19. The molecule has 4 rings (SSSR count). The van der Waals surface area contributed by atoms with Gasteiger partial charge in [0.15, 0.2) is 0 Å². The maximum atomic E-state index is 15.0. The normalized spacial score (nSPS) is 15.5. The Labute approximate surface area is 198 Å². The van der Waals surface area contributed by atoms with Gasteiger partial charge in [-0.1, -0.05) is 30.3 Å². The Balaban J connectivity index is 1.40. The summed E-state index contributed by atoms with van der Waals surface area (Å²) in [6, 6.07) is 16.5. The van der Waals surface area contributed by atoms with Gasteiger partial charge in [-0.2, -0.15) is 0 Å². The first-order chi connectivity index (χ1) is 16.4. The van der Waals surface area contributed by atoms with Crippen molar-refractivity contribution in [3.8, 4) is 11.1 Å². The number of anilines is 1. The number of cyclic esters (lactones) is 1. The van der Waals surface area contributed by atoms with Crippen LogP contribution >= 0.6 is 0 Å². The van der Waals surface area contributed by atoms with Gasteiger partial charge in [-0.25, -0.2) is 9.18 Å². The van der Waals surface area contributed by atoms with Crippen molar-refractivity contribution < 1.29 is 18.7 Å². The topological polar surface area (TPSA) is 74.8 Å². The lowest BCUT2D eigenvalue weighted by Gasteiger charge is -2.17. The fourth-order valence-corrected chi connectivity index (χ4v) is 3.96. The molecule has 1 aromatic heterocycles. The predicted octanol–water partition coefficient (Wildman–Crippen LogP) is 3.98. The lowest BCUT2D eigenvalue weighted by molar-refractivity contribution is -0.119. The second kappa shape index (κ2) is 10.4. The molecule has 0 saturated carbocycles. The molecular weight excluding hydrogens is 435 g/mol. The van der Waals surface area contributed by atoms with Crippen LogP contribution < -0.4 is 10.2 Å². The molecule has 1 saturated heterocycles. The van der Waals surface area contributed by atoms with Gasteiger partial charge in [-0.3, -0.25) is 19.6 Å². The number of aromatic nitrogens is 1. The second-order valence-electron chi connectivity index (χ2n) is 8.45. The van der Waals surface area contributed by atoms with Crippen molar-refractivity contribution in [1.82, 2.24) is 15.2 Å². The van der Waals surface area contributed by atoms with E-state index in [1.807, 2.05) is 49.6 Å². The lowest BCUT2D eigenvalue weighted by atomic mass is 10.0. The minimum absolute atomic E-state index is 0.198. The van der Waals surface area contributed by atoms with E-state index >= 15 is 0 Å². The summed E-state index contributed by atoms with van der Waals surface area (Å²) < 4.78 is 20.2. The van der Waals surface area contributed by atoms with Crippen molar-refractivity contribution in [3.05, 3.63) is 83.9 Å². The molecule has 8 heteroatoms. The number of halogens is 1. The molecule has 3 aromatic rings. The minimum atomic E-state index is -0.553. The van der Waals surface area contributed by atoms with E-state index in [2.05, 4.69) is 15.2 Å².